The van der Waals surface area contributed by atoms with Crippen molar-refractivity contribution in [3.05, 3.63) is 72.0 Å². The summed E-state index contributed by atoms with van der Waals surface area (Å²) in [6.45, 7) is 0. The van der Waals surface area contributed by atoms with Gasteiger partial charge in [0.1, 0.15) is 0 Å². The molecule has 0 unspecified atom stereocenters. The van der Waals surface area contributed by atoms with Gasteiger partial charge in [0.2, 0.25) is 0 Å². The van der Waals surface area contributed by atoms with Crippen molar-refractivity contribution in [2.75, 3.05) is 5.32 Å². The Hall–Kier alpha value is -2.65. The highest BCUT2D eigenvalue weighted by molar-refractivity contribution is 6.31. The Morgan fingerprint density at radius 2 is 1.73 bits per heavy atom. The minimum Gasteiger partial charge on any atom is -0.353 e. The van der Waals surface area contributed by atoms with Crippen LogP contribution in [0.25, 0.3) is 21.8 Å². The van der Waals surface area contributed by atoms with E-state index >= 15 is 0 Å². The molecule has 0 aliphatic carbocycles. The minimum atomic E-state index is 0.694. The van der Waals surface area contributed by atoms with Gasteiger partial charge in [-0.1, -0.05) is 29.8 Å². The molecule has 0 amide bonds. The summed E-state index contributed by atoms with van der Waals surface area (Å²) in [4.78, 5) is 8.84. The van der Waals surface area contributed by atoms with Crippen molar-refractivity contribution in [3.63, 3.8) is 0 Å². The van der Waals surface area contributed by atoms with Crippen molar-refractivity contribution in [2.24, 2.45) is 0 Å². The van der Waals surface area contributed by atoms with E-state index in [1.54, 1.807) is 12.4 Å². The fourth-order valence-corrected chi connectivity index (χ4v) is 2.75. The van der Waals surface area contributed by atoms with E-state index in [2.05, 4.69) is 27.4 Å². The number of anilines is 2. The summed E-state index contributed by atoms with van der Waals surface area (Å²) in [5.41, 5.74) is 3.77. The zero-order valence-electron chi connectivity index (χ0n) is 11.6. The topological polar surface area (TPSA) is 37.8 Å². The zero-order valence-corrected chi connectivity index (χ0v) is 12.4. The second kappa shape index (κ2) is 5.28. The Morgan fingerprint density at radius 3 is 2.68 bits per heavy atom. The van der Waals surface area contributed by atoms with Gasteiger partial charge in [0.05, 0.1) is 16.7 Å². The quantitative estimate of drug-likeness (QED) is 0.554. The maximum Gasteiger partial charge on any atom is 0.0936 e. The van der Waals surface area contributed by atoms with Crippen molar-refractivity contribution in [1.29, 1.82) is 0 Å². The number of para-hydroxylation sites is 1. The maximum atomic E-state index is 6.12. The van der Waals surface area contributed by atoms with Gasteiger partial charge in [0.25, 0.3) is 0 Å². The standard InChI is InChI=1S/C18H12ClN3/c19-13-6-7-15-14(11-13)16(8-10-20-15)22-17-5-1-3-12-4-2-9-21-18(12)17/h1-11H,(H,20,22). The average molecular weight is 306 g/mol. The monoisotopic (exact) mass is 305 g/mol. The molecule has 2 aromatic heterocycles. The summed E-state index contributed by atoms with van der Waals surface area (Å²) in [5, 5.41) is 6.24. The number of rotatable bonds is 2. The smallest absolute Gasteiger partial charge is 0.0936 e. The van der Waals surface area contributed by atoms with Gasteiger partial charge in [-0.3, -0.25) is 9.97 Å². The highest BCUT2D eigenvalue weighted by atomic mass is 35.5. The van der Waals surface area contributed by atoms with Crippen LogP contribution in [-0.2, 0) is 0 Å². The Labute approximate surface area is 132 Å². The molecule has 0 aliphatic rings. The van der Waals surface area contributed by atoms with Gasteiger partial charge in [-0.25, -0.2) is 0 Å². The van der Waals surface area contributed by atoms with Crippen molar-refractivity contribution in [1.82, 2.24) is 9.97 Å². The molecule has 4 aromatic rings. The number of aromatic nitrogens is 2. The summed E-state index contributed by atoms with van der Waals surface area (Å²) in [5.74, 6) is 0. The third-order valence-electron chi connectivity index (χ3n) is 3.61. The Kier molecular flexibility index (Phi) is 3.13. The Bertz CT molecular complexity index is 977. The lowest BCUT2D eigenvalue weighted by Gasteiger charge is -2.11. The predicted molar refractivity (Wildman–Crippen MR) is 91.8 cm³/mol. The van der Waals surface area contributed by atoms with Gasteiger partial charge in [0.15, 0.2) is 0 Å². The van der Waals surface area contributed by atoms with Crippen molar-refractivity contribution < 1.29 is 0 Å². The third-order valence-corrected chi connectivity index (χ3v) is 3.84. The van der Waals surface area contributed by atoms with Gasteiger partial charge < -0.3 is 5.32 Å². The molecule has 2 aromatic carbocycles. The number of benzene rings is 2. The second-order valence-corrected chi connectivity index (χ2v) is 5.46. The van der Waals surface area contributed by atoms with Gasteiger partial charge >= 0.3 is 0 Å². The highest BCUT2D eigenvalue weighted by Crippen LogP contribution is 2.30. The van der Waals surface area contributed by atoms with Crippen LogP contribution in [0.3, 0.4) is 0 Å². The first-order valence-electron chi connectivity index (χ1n) is 6.96. The van der Waals surface area contributed by atoms with E-state index in [9.17, 15) is 0 Å². The fraction of sp³-hybridized carbons (Fsp3) is 0. The first-order chi connectivity index (χ1) is 10.8. The molecule has 22 heavy (non-hydrogen) atoms. The number of hydrogen-bond acceptors (Lipinski definition) is 3. The molecule has 0 bridgehead atoms. The van der Waals surface area contributed by atoms with Gasteiger partial charge in [-0.15, -0.1) is 0 Å². The van der Waals surface area contributed by atoms with Crippen LogP contribution < -0.4 is 5.32 Å². The minimum absolute atomic E-state index is 0.694. The van der Waals surface area contributed by atoms with E-state index in [1.165, 1.54) is 0 Å². The van der Waals surface area contributed by atoms with E-state index in [0.29, 0.717) is 5.02 Å². The number of nitrogens with zero attached hydrogens (tertiary/aromatic N) is 2. The lowest BCUT2D eigenvalue weighted by atomic mass is 10.1. The van der Waals surface area contributed by atoms with E-state index in [1.807, 2.05) is 42.5 Å². The molecule has 0 aliphatic heterocycles. The van der Waals surface area contributed by atoms with Gasteiger partial charge in [-0.2, -0.15) is 0 Å². The van der Waals surface area contributed by atoms with Crippen LogP contribution in [0.4, 0.5) is 11.4 Å². The molecule has 4 heteroatoms. The Morgan fingerprint density at radius 1 is 0.818 bits per heavy atom. The molecular formula is C18H12ClN3. The molecular weight excluding hydrogens is 294 g/mol. The van der Waals surface area contributed by atoms with E-state index in [0.717, 1.165) is 33.2 Å². The lowest BCUT2D eigenvalue weighted by molar-refractivity contribution is 1.39. The third kappa shape index (κ3) is 2.26. The maximum absolute atomic E-state index is 6.12. The second-order valence-electron chi connectivity index (χ2n) is 5.03. The van der Waals surface area contributed by atoms with Crippen LogP contribution in [0.15, 0.2) is 67.0 Å². The molecule has 2 heterocycles. The lowest BCUT2D eigenvalue weighted by Crippen LogP contribution is -1.94. The highest BCUT2D eigenvalue weighted by Gasteiger charge is 2.06. The van der Waals surface area contributed by atoms with Crippen LogP contribution in [0, 0.1) is 0 Å². The van der Waals surface area contributed by atoms with Gasteiger partial charge in [-0.05, 0) is 36.4 Å². The van der Waals surface area contributed by atoms with Crippen LogP contribution in [0.5, 0.6) is 0 Å². The number of fused-ring (bicyclic) bond motifs is 2. The fourth-order valence-electron chi connectivity index (χ4n) is 2.58. The summed E-state index contributed by atoms with van der Waals surface area (Å²) in [6, 6.07) is 17.7. The molecule has 0 fully saturated rings. The van der Waals surface area contributed by atoms with Crippen molar-refractivity contribution >= 4 is 44.8 Å². The van der Waals surface area contributed by atoms with Crippen molar-refractivity contribution in [3.8, 4) is 0 Å². The molecule has 0 atom stereocenters. The van der Waals surface area contributed by atoms with Crippen LogP contribution in [0.2, 0.25) is 5.02 Å². The first-order valence-corrected chi connectivity index (χ1v) is 7.34. The number of hydrogen-bond donors (Lipinski definition) is 1. The molecule has 0 saturated heterocycles. The van der Waals surface area contributed by atoms with Crippen LogP contribution >= 0.6 is 11.6 Å². The molecule has 0 radical (unpaired) electrons. The summed E-state index contributed by atoms with van der Waals surface area (Å²) in [6.07, 6.45) is 3.59. The molecule has 0 saturated carbocycles. The van der Waals surface area contributed by atoms with Crippen LogP contribution in [0.1, 0.15) is 0 Å². The SMILES string of the molecule is Clc1ccc2nccc(Nc3cccc4cccnc34)c2c1. The largest absolute Gasteiger partial charge is 0.353 e. The molecule has 106 valence electrons. The number of halogens is 1. The van der Waals surface area contributed by atoms with Gasteiger partial charge in [0, 0.05) is 33.9 Å². The Balaban J connectivity index is 1.88. The summed E-state index contributed by atoms with van der Waals surface area (Å²) < 4.78 is 0. The van der Waals surface area contributed by atoms with E-state index in [4.69, 9.17) is 11.6 Å². The van der Waals surface area contributed by atoms with E-state index in [-0.39, 0.29) is 0 Å². The molecule has 1 N–H and O–H groups in total. The first kappa shape index (κ1) is 13.0. The molecule has 3 nitrogen and oxygen atoms in total. The zero-order chi connectivity index (χ0) is 14.9. The summed E-state index contributed by atoms with van der Waals surface area (Å²) >= 11 is 6.12. The van der Waals surface area contributed by atoms with E-state index < -0.39 is 0 Å². The van der Waals surface area contributed by atoms with Crippen LogP contribution in [-0.4, -0.2) is 9.97 Å². The number of nitrogens with one attached hydrogen (secondary N) is 1. The van der Waals surface area contributed by atoms with Crippen molar-refractivity contribution in [2.45, 2.75) is 0 Å². The normalized spacial score (nSPS) is 11.0. The molecule has 0 spiro atoms. The summed E-state index contributed by atoms with van der Waals surface area (Å²) in [7, 11) is 0. The predicted octanol–water partition coefficient (Wildman–Crippen LogP) is 5.18. The number of pyridine rings is 2. The average Bonchev–Trinajstić information content (AvgIpc) is 2.56. The molecule has 4 rings (SSSR count).